The summed E-state index contributed by atoms with van der Waals surface area (Å²) in [6.45, 7) is -0.451. The predicted molar refractivity (Wildman–Crippen MR) is 61.8 cm³/mol. The molecule has 0 saturated carbocycles. The van der Waals surface area contributed by atoms with Gasteiger partial charge in [-0.3, -0.25) is 4.57 Å². The number of rotatable bonds is 5. The van der Waals surface area contributed by atoms with Crippen LogP contribution in [0.2, 0.25) is 5.02 Å². The summed E-state index contributed by atoms with van der Waals surface area (Å²) < 4.78 is 5.94. The summed E-state index contributed by atoms with van der Waals surface area (Å²) >= 11 is 5.71. The molecule has 7 nitrogen and oxygen atoms in total. The number of nitrogen functional groups attached to an aromatic ring is 1. The first-order chi connectivity index (χ1) is 7.99. The van der Waals surface area contributed by atoms with Crippen molar-refractivity contribution in [2.75, 3.05) is 19.5 Å². The van der Waals surface area contributed by atoms with Crippen LogP contribution in [0.4, 0.5) is 5.82 Å². The Kier molecular flexibility index (Phi) is 4.88. The maximum absolute atomic E-state index is 11.4. The SMILES string of the molecule is COC(CO)C(O)Cn1cc(Cl)c(N)nc1=O. The Morgan fingerprint density at radius 2 is 2.35 bits per heavy atom. The van der Waals surface area contributed by atoms with Gasteiger partial charge in [0, 0.05) is 13.3 Å². The quantitative estimate of drug-likeness (QED) is 0.618. The van der Waals surface area contributed by atoms with Gasteiger partial charge in [-0.05, 0) is 0 Å². The number of hydrogen-bond donors (Lipinski definition) is 3. The fourth-order valence-corrected chi connectivity index (χ4v) is 1.44. The lowest BCUT2D eigenvalue weighted by molar-refractivity contribution is -0.0475. The first-order valence-corrected chi connectivity index (χ1v) is 5.21. The third-order valence-electron chi connectivity index (χ3n) is 2.27. The van der Waals surface area contributed by atoms with E-state index in [1.807, 2.05) is 0 Å². The predicted octanol–water partition coefficient (Wildman–Crippen LogP) is -1.15. The number of aliphatic hydroxyl groups is 2. The van der Waals surface area contributed by atoms with Gasteiger partial charge in [0.05, 0.1) is 18.2 Å². The first kappa shape index (κ1) is 13.9. The van der Waals surface area contributed by atoms with Crippen molar-refractivity contribution in [2.24, 2.45) is 0 Å². The third-order valence-corrected chi connectivity index (χ3v) is 2.56. The highest BCUT2D eigenvalue weighted by atomic mass is 35.5. The summed E-state index contributed by atoms with van der Waals surface area (Å²) in [5.41, 5.74) is 4.72. The molecule has 1 rings (SSSR count). The maximum Gasteiger partial charge on any atom is 0.349 e. The lowest BCUT2D eigenvalue weighted by Gasteiger charge is -2.20. The molecule has 0 saturated heterocycles. The number of ether oxygens (including phenoxy) is 1. The highest BCUT2D eigenvalue weighted by molar-refractivity contribution is 6.32. The van der Waals surface area contributed by atoms with Crippen molar-refractivity contribution in [3.63, 3.8) is 0 Å². The maximum atomic E-state index is 11.4. The lowest BCUT2D eigenvalue weighted by atomic mass is 10.2. The van der Waals surface area contributed by atoms with Crippen molar-refractivity contribution in [3.05, 3.63) is 21.7 Å². The van der Waals surface area contributed by atoms with Crippen LogP contribution in [0.1, 0.15) is 0 Å². The molecule has 17 heavy (non-hydrogen) atoms. The second-order valence-corrected chi connectivity index (χ2v) is 3.84. The zero-order chi connectivity index (χ0) is 13.0. The van der Waals surface area contributed by atoms with Gasteiger partial charge in [0.1, 0.15) is 18.0 Å². The van der Waals surface area contributed by atoms with Gasteiger partial charge in [-0.25, -0.2) is 4.79 Å². The molecule has 2 atom stereocenters. The standard InChI is InChI=1S/C9H14ClN3O4/c1-17-7(4-14)6(15)3-13-2-5(10)8(11)12-9(13)16/h2,6-7,14-15H,3-4H2,1H3,(H2,11,12,16). The molecule has 0 fully saturated rings. The summed E-state index contributed by atoms with van der Waals surface area (Å²) in [7, 11) is 1.35. The highest BCUT2D eigenvalue weighted by Gasteiger charge is 2.19. The van der Waals surface area contributed by atoms with Crippen LogP contribution in [0.5, 0.6) is 0 Å². The summed E-state index contributed by atoms with van der Waals surface area (Å²) in [6.07, 6.45) is -0.554. The minimum absolute atomic E-state index is 0.0622. The molecule has 0 aliphatic heterocycles. The number of nitrogens with two attached hydrogens (primary N) is 1. The smallest absolute Gasteiger partial charge is 0.349 e. The van der Waals surface area contributed by atoms with E-state index in [1.165, 1.54) is 13.3 Å². The summed E-state index contributed by atoms with van der Waals surface area (Å²) in [6, 6.07) is 0. The van der Waals surface area contributed by atoms with Crippen LogP contribution in [0.3, 0.4) is 0 Å². The molecule has 0 aliphatic carbocycles. The van der Waals surface area contributed by atoms with E-state index in [0.717, 1.165) is 4.57 Å². The largest absolute Gasteiger partial charge is 0.394 e. The van der Waals surface area contributed by atoms with Crippen molar-refractivity contribution >= 4 is 17.4 Å². The minimum atomic E-state index is -1.05. The molecule has 1 aromatic rings. The fourth-order valence-electron chi connectivity index (χ4n) is 1.28. The van der Waals surface area contributed by atoms with Crippen molar-refractivity contribution < 1.29 is 14.9 Å². The van der Waals surface area contributed by atoms with Crippen LogP contribution >= 0.6 is 11.6 Å². The zero-order valence-corrected chi connectivity index (χ0v) is 9.96. The number of nitrogens with zero attached hydrogens (tertiary/aromatic N) is 2. The monoisotopic (exact) mass is 263 g/mol. The fraction of sp³-hybridized carbons (Fsp3) is 0.556. The van der Waals surface area contributed by atoms with E-state index in [-0.39, 0.29) is 24.0 Å². The van der Waals surface area contributed by atoms with Gasteiger partial charge in [0.15, 0.2) is 0 Å². The van der Waals surface area contributed by atoms with Gasteiger partial charge >= 0.3 is 5.69 Å². The topological polar surface area (TPSA) is 111 Å². The molecule has 0 aromatic carbocycles. The van der Waals surface area contributed by atoms with Crippen molar-refractivity contribution in [3.8, 4) is 0 Å². The lowest BCUT2D eigenvalue weighted by Crippen LogP contribution is -2.38. The Balaban J connectivity index is 2.88. The molecule has 1 aromatic heterocycles. The average Bonchev–Trinajstić information content (AvgIpc) is 2.27. The molecule has 0 bridgehead atoms. The number of halogens is 1. The first-order valence-electron chi connectivity index (χ1n) is 4.83. The number of aromatic nitrogens is 2. The van der Waals surface area contributed by atoms with Crippen molar-refractivity contribution in [2.45, 2.75) is 18.8 Å². The molecule has 0 spiro atoms. The molecule has 8 heteroatoms. The Morgan fingerprint density at radius 1 is 1.71 bits per heavy atom. The third kappa shape index (κ3) is 3.40. The number of anilines is 1. The van der Waals surface area contributed by atoms with Gasteiger partial charge in [0.2, 0.25) is 0 Å². The second-order valence-electron chi connectivity index (χ2n) is 3.43. The Hall–Kier alpha value is -1.15. The van der Waals surface area contributed by atoms with E-state index in [0.29, 0.717) is 0 Å². The van der Waals surface area contributed by atoms with E-state index in [1.54, 1.807) is 0 Å². The molecular weight excluding hydrogens is 250 g/mol. The van der Waals surface area contributed by atoms with E-state index in [4.69, 9.17) is 27.2 Å². The van der Waals surface area contributed by atoms with E-state index in [9.17, 15) is 9.90 Å². The van der Waals surface area contributed by atoms with Crippen LogP contribution in [0.25, 0.3) is 0 Å². The van der Waals surface area contributed by atoms with E-state index in [2.05, 4.69) is 4.98 Å². The van der Waals surface area contributed by atoms with Crippen LogP contribution < -0.4 is 11.4 Å². The van der Waals surface area contributed by atoms with Gasteiger partial charge in [-0.2, -0.15) is 4.98 Å². The van der Waals surface area contributed by atoms with Crippen molar-refractivity contribution in [1.82, 2.24) is 9.55 Å². The number of aliphatic hydroxyl groups excluding tert-OH is 2. The second kappa shape index (κ2) is 5.97. The number of hydrogen-bond acceptors (Lipinski definition) is 6. The van der Waals surface area contributed by atoms with Gasteiger partial charge in [-0.1, -0.05) is 11.6 Å². The molecule has 0 aliphatic rings. The van der Waals surface area contributed by atoms with Crippen LogP contribution in [0, 0.1) is 0 Å². The molecule has 1 heterocycles. The Bertz CT molecular complexity index is 433. The van der Waals surface area contributed by atoms with Gasteiger partial charge in [0.25, 0.3) is 0 Å². The molecule has 0 radical (unpaired) electrons. The average molecular weight is 264 g/mol. The van der Waals surface area contributed by atoms with Crippen LogP contribution in [0.15, 0.2) is 11.0 Å². The van der Waals surface area contributed by atoms with E-state index < -0.39 is 17.9 Å². The van der Waals surface area contributed by atoms with Crippen molar-refractivity contribution in [1.29, 1.82) is 0 Å². The normalized spacial score (nSPS) is 14.6. The van der Waals surface area contributed by atoms with Crippen LogP contribution in [-0.2, 0) is 11.3 Å². The summed E-state index contributed by atoms with van der Waals surface area (Å²) in [4.78, 5) is 14.9. The minimum Gasteiger partial charge on any atom is -0.394 e. The van der Waals surface area contributed by atoms with Crippen LogP contribution in [-0.4, -0.2) is 45.7 Å². The van der Waals surface area contributed by atoms with Gasteiger partial charge in [-0.15, -0.1) is 0 Å². The highest BCUT2D eigenvalue weighted by Crippen LogP contribution is 2.12. The molecule has 96 valence electrons. The summed E-state index contributed by atoms with van der Waals surface area (Å²) in [5.74, 6) is -0.0622. The Morgan fingerprint density at radius 3 is 2.88 bits per heavy atom. The Labute approximate surface area is 102 Å². The molecular formula is C9H14ClN3O4. The molecule has 2 unspecified atom stereocenters. The summed E-state index contributed by atoms with van der Waals surface area (Å²) in [5, 5.41) is 18.7. The van der Waals surface area contributed by atoms with E-state index >= 15 is 0 Å². The zero-order valence-electron chi connectivity index (χ0n) is 9.21. The molecule has 0 amide bonds. The van der Waals surface area contributed by atoms with Gasteiger partial charge < -0.3 is 20.7 Å². The number of methoxy groups -OCH3 is 1. The molecule has 4 N–H and O–H groups in total.